The number of rotatable bonds is 3. The second-order valence-corrected chi connectivity index (χ2v) is 4.94. The molecule has 1 N–H and O–H groups in total. The fraction of sp³-hybridized carbons (Fsp3) is 0.200. The quantitative estimate of drug-likeness (QED) is 0.813. The molecule has 1 nitrogen and oxygen atoms in total. The number of nitrogens with one attached hydrogen (secondary N) is 1. The van der Waals surface area contributed by atoms with Crippen molar-refractivity contribution in [3.8, 4) is 0 Å². The Hall–Kier alpha value is -1.68. The van der Waals surface area contributed by atoms with Crippen LogP contribution in [0, 0.1) is 6.92 Å². The second-order valence-electron chi connectivity index (χ2n) is 4.53. The molecule has 2 aromatic carbocycles. The largest absolute Gasteiger partial charge is 0.417 e. The van der Waals surface area contributed by atoms with Crippen LogP contribution < -0.4 is 5.32 Å². The first-order chi connectivity index (χ1) is 9.36. The van der Waals surface area contributed by atoms with Crippen LogP contribution in [0.5, 0.6) is 0 Å². The minimum Gasteiger partial charge on any atom is -0.381 e. The van der Waals surface area contributed by atoms with Crippen LogP contribution in [0.4, 0.5) is 18.9 Å². The Kier molecular flexibility index (Phi) is 4.23. The number of hydrogen-bond acceptors (Lipinski definition) is 1. The van der Waals surface area contributed by atoms with E-state index in [1.807, 2.05) is 31.2 Å². The summed E-state index contributed by atoms with van der Waals surface area (Å²) in [5, 5.41) is 2.68. The Labute approximate surface area is 120 Å². The molecular formula is C15H13ClF3N. The van der Waals surface area contributed by atoms with Crippen LogP contribution in [0.3, 0.4) is 0 Å². The van der Waals surface area contributed by atoms with Crippen LogP contribution in [-0.4, -0.2) is 0 Å². The van der Waals surface area contributed by atoms with Crippen molar-refractivity contribution < 1.29 is 13.2 Å². The number of anilines is 1. The van der Waals surface area contributed by atoms with Crippen LogP contribution in [0.1, 0.15) is 16.7 Å². The van der Waals surface area contributed by atoms with E-state index in [2.05, 4.69) is 5.32 Å². The Bertz CT molecular complexity index is 608. The van der Waals surface area contributed by atoms with Gasteiger partial charge in [0.15, 0.2) is 0 Å². The molecule has 5 heteroatoms. The average Bonchev–Trinajstić information content (AvgIpc) is 2.36. The molecular weight excluding hydrogens is 287 g/mol. The van der Waals surface area contributed by atoms with E-state index in [1.165, 1.54) is 12.1 Å². The minimum absolute atomic E-state index is 0.293. The van der Waals surface area contributed by atoms with Gasteiger partial charge in [0.25, 0.3) is 0 Å². The van der Waals surface area contributed by atoms with Gasteiger partial charge in [-0.25, -0.2) is 0 Å². The van der Waals surface area contributed by atoms with Gasteiger partial charge in [0.1, 0.15) is 0 Å². The van der Waals surface area contributed by atoms with Gasteiger partial charge in [-0.3, -0.25) is 0 Å². The average molecular weight is 300 g/mol. The summed E-state index contributed by atoms with van der Waals surface area (Å²) in [6.07, 6.45) is -4.45. The lowest BCUT2D eigenvalue weighted by Gasteiger charge is -2.12. The lowest BCUT2D eigenvalue weighted by atomic mass is 10.1. The molecule has 0 aliphatic heterocycles. The molecule has 106 valence electrons. The Balaban J connectivity index is 2.14. The zero-order valence-electron chi connectivity index (χ0n) is 10.8. The Morgan fingerprint density at radius 2 is 1.85 bits per heavy atom. The highest BCUT2D eigenvalue weighted by Gasteiger charge is 2.33. The van der Waals surface area contributed by atoms with E-state index in [0.29, 0.717) is 12.2 Å². The fourth-order valence-corrected chi connectivity index (χ4v) is 2.10. The molecule has 0 bridgehead atoms. The molecule has 0 saturated carbocycles. The van der Waals surface area contributed by atoms with Crippen molar-refractivity contribution in [3.63, 3.8) is 0 Å². The van der Waals surface area contributed by atoms with Crippen molar-refractivity contribution >= 4 is 17.3 Å². The maximum absolute atomic E-state index is 12.7. The van der Waals surface area contributed by atoms with Gasteiger partial charge in [0, 0.05) is 12.2 Å². The molecule has 0 aliphatic carbocycles. The summed E-state index contributed by atoms with van der Waals surface area (Å²) in [5.74, 6) is 0. The molecule has 0 heterocycles. The van der Waals surface area contributed by atoms with E-state index in [0.717, 1.165) is 17.2 Å². The van der Waals surface area contributed by atoms with Crippen molar-refractivity contribution in [2.75, 3.05) is 5.32 Å². The molecule has 0 spiro atoms. The molecule has 0 atom stereocenters. The summed E-state index contributed by atoms with van der Waals surface area (Å²) >= 11 is 5.57. The molecule has 0 amide bonds. The van der Waals surface area contributed by atoms with Crippen LogP contribution in [-0.2, 0) is 12.7 Å². The van der Waals surface area contributed by atoms with Gasteiger partial charge in [0.2, 0.25) is 0 Å². The Morgan fingerprint density at radius 3 is 2.50 bits per heavy atom. The smallest absolute Gasteiger partial charge is 0.381 e. The maximum atomic E-state index is 12.7. The predicted octanol–water partition coefficient (Wildman–Crippen LogP) is 5.28. The number of alkyl halides is 3. The summed E-state index contributed by atoms with van der Waals surface area (Å²) in [6, 6.07) is 11.6. The lowest BCUT2D eigenvalue weighted by Crippen LogP contribution is -2.07. The second kappa shape index (κ2) is 5.75. The van der Waals surface area contributed by atoms with Gasteiger partial charge in [-0.15, -0.1) is 0 Å². The van der Waals surface area contributed by atoms with Gasteiger partial charge >= 0.3 is 6.18 Å². The van der Waals surface area contributed by atoms with E-state index in [1.54, 1.807) is 0 Å². The number of hydrogen-bond donors (Lipinski definition) is 1. The van der Waals surface area contributed by atoms with E-state index >= 15 is 0 Å². The van der Waals surface area contributed by atoms with Crippen LogP contribution >= 0.6 is 11.6 Å². The SMILES string of the molecule is Cc1cccc(CNc2ccc(Cl)c(C(F)(F)F)c2)c1. The van der Waals surface area contributed by atoms with Crippen molar-refractivity contribution in [2.45, 2.75) is 19.6 Å². The lowest BCUT2D eigenvalue weighted by molar-refractivity contribution is -0.137. The van der Waals surface area contributed by atoms with Crippen molar-refractivity contribution in [3.05, 3.63) is 64.2 Å². The minimum atomic E-state index is -4.45. The summed E-state index contributed by atoms with van der Waals surface area (Å²) in [4.78, 5) is 0. The van der Waals surface area contributed by atoms with Crippen molar-refractivity contribution in [1.82, 2.24) is 0 Å². The summed E-state index contributed by atoms with van der Waals surface area (Å²) < 4.78 is 38.2. The maximum Gasteiger partial charge on any atom is 0.417 e. The Morgan fingerprint density at radius 1 is 1.10 bits per heavy atom. The normalized spacial score (nSPS) is 11.4. The first kappa shape index (κ1) is 14.7. The van der Waals surface area contributed by atoms with Crippen LogP contribution in [0.25, 0.3) is 0 Å². The zero-order valence-corrected chi connectivity index (χ0v) is 11.5. The topological polar surface area (TPSA) is 12.0 Å². The van der Waals surface area contributed by atoms with E-state index in [-0.39, 0.29) is 5.02 Å². The standard InChI is InChI=1S/C15H13ClF3N/c1-10-3-2-4-11(7-10)9-20-12-5-6-14(16)13(8-12)15(17,18)19/h2-8,20H,9H2,1H3. The first-order valence-electron chi connectivity index (χ1n) is 6.02. The molecule has 0 aliphatic rings. The van der Waals surface area contributed by atoms with Gasteiger partial charge in [-0.1, -0.05) is 41.4 Å². The number of benzene rings is 2. The monoisotopic (exact) mass is 299 g/mol. The third-order valence-corrected chi connectivity index (χ3v) is 3.18. The fourth-order valence-electron chi connectivity index (χ4n) is 1.88. The molecule has 2 aromatic rings. The molecule has 0 saturated heterocycles. The van der Waals surface area contributed by atoms with Crippen molar-refractivity contribution in [2.24, 2.45) is 0 Å². The molecule has 2 rings (SSSR count). The molecule has 0 radical (unpaired) electrons. The van der Waals surface area contributed by atoms with Gasteiger partial charge in [0.05, 0.1) is 10.6 Å². The molecule has 0 aromatic heterocycles. The van der Waals surface area contributed by atoms with Crippen LogP contribution in [0.2, 0.25) is 5.02 Å². The van der Waals surface area contributed by atoms with E-state index in [4.69, 9.17) is 11.6 Å². The molecule has 20 heavy (non-hydrogen) atoms. The highest BCUT2D eigenvalue weighted by molar-refractivity contribution is 6.31. The molecule has 0 unspecified atom stereocenters. The first-order valence-corrected chi connectivity index (χ1v) is 6.40. The third-order valence-electron chi connectivity index (χ3n) is 2.85. The highest BCUT2D eigenvalue weighted by atomic mass is 35.5. The van der Waals surface area contributed by atoms with Gasteiger partial charge < -0.3 is 5.32 Å². The molecule has 0 fully saturated rings. The summed E-state index contributed by atoms with van der Waals surface area (Å²) in [7, 11) is 0. The van der Waals surface area contributed by atoms with E-state index in [9.17, 15) is 13.2 Å². The summed E-state index contributed by atoms with van der Waals surface area (Å²) in [6.45, 7) is 2.42. The van der Waals surface area contributed by atoms with Crippen LogP contribution in [0.15, 0.2) is 42.5 Å². The third kappa shape index (κ3) is 3.67. The highest BCUT2D eigenvalue weighted by Crippen LogP contribution is 2.36. The number of halogens is 4. The summed E-state index contributed by atoms with van der Waals surface area (Å²) in [5.41, 5.74) is 1.68. The van der Waals surface area contributed by atoms with E-state index < -0.39 is 11.7 Å². The number of aryl methyl sites for hydroxylation is 1. The zero-order chi connectivity index (χ0) is 14.8. The van der Waals surface area contributed by atoms with Crippen molar-refractivity contribution in [1.29, 1.82) is 0 Å². The predicted molar refractivity (Wildman–Crippen MR) is 75.0 cm³/mol. The van der Waals surface area contributed by atoms with Gasteiger partial charge in [-0.05, 0) is 30.7 Å². The van der Waals surface area contributed by atoms with Gasteiger partial charge in [-0.2, -0.15) is 13.2 Å².